The number of alkyl halides is 3. The van der Waals surface area contributed by atoms with Gasteiger partial charge in [0.1, 0.15) is 0 Å². The maximum absolute atomic E-state index is 12.9. The molecule has 0 spiro atoms. The van der Waals surface area contributed by atoms with Crippen LogP contribution < -0.4 is 10.6 Å². The van der Waals surface area contributed by atoms with E-state index in [9.17, 15) is 22.8 Å². The number of carbonyl (C=O) groups is 2. The van der Waals surface area contributed by atoms with Crippen LogP contribution in [0, 0.1) is 6.92 Å². The standard InChI is InChI=1S/C18H17F3N2O2/c1-3-12-8-6-7-11(2)15(12)23-17(25)16(24)22-14-10-5-4-9-13(14)18(19,20)21/h4-10H,3H2,1-2H3,(H,22,24)(H,23,25). The molecule has 0 saturated heterocycles. The van der Waals surface area contributed by atoms with Crippen molar-refractivity contribution in [1.82, 2.24) is 0 Å². The van der Waals surface area contributed by atoms with Crippen LogP contribution in [-0.4, -0.2) is 11.8 Å². The quantitative estimate of drug-likeness (QED) is 0.817. The lowest BCUT2D eigenvalue weighted by atomic mass is 10.1. The largest absolute Gasteiger partial charge is 0.418 e. The summed E-state index contributed by atoms with van der Waals surface area (Å²) in [6.07, 6.45) is -4.00. The number of halogens is 3. The van der Waals surface area contributed by atoms with Gasteiger partial charge >= 0.3 is 18.0 Å². The molecule has 0 aromatic heterocycles. The van der Waals surface area contributed by atoms with E-state index in [4.69, 9.17) is 0 Å². The first-order valence-corrected chi connectivity index (χ1v) is 7.61. The maximum Gasteiger partial charge on any atom is 0.418 e. The Labute approximate surface area is 143 Å². The predicted octanol–water partition coefficient (Wildman–Crippen LogP) is 4.15. The smallest absolute Gasteiger partial charge is 0.317 e. The predicted molar refractivity (Wildman–Crippen MR) is 89.3 cm³/mol. The SMILES string of the molecule is CCc1cccc(C)c1NC(=O)C(=O)Nc1ccccc1C(F)(F)F. The zero-order valence-electron chi connectivity index (χ0n) is 13.7. The molecule has 0 fully saturated rings. The summed E-state index contributed by atoms with van der Waals surface area (Å²) in [7, 11) is 0. The van der Waals surface area contributed by atoms with Crippen molar-refractivity contribution in [2.75, 3.05) is 10.6 Å². The number of rotatable bonds is 3. The Kier molecular flexibility index (Phi) is 5.46. The minimum atomic E-state index is -4.63. The molecule has 0 unspecified atom stereocenters. The second kappa shape index (κ2) is 7.38. The number of hydrogen-bond donors (Lipinski definition) is 2. The van der Waals surface area contributed by atoms with Crippen molar-refractivity contribution >= 4 is 23.2 Å². The van der Waals surface area contributed by atoms with Crippen molar-refractivity contribution in [3.05, 3.63) is 59.2 Å². The summed E-state index contributed by atoms with van der Waals surface area (Å²) in [5, 5.41) is 4.50. The van der Waals surface area contributed by atoms with Crippen molar-refractivity contribution in [2.45, 2.75) is 26.4 Å². The molecule has 0 saturated carbocycles. The average Bonchev–Trinajstić information content (AvgIpc) is 2.56. The van der Waals surface area contributed by atoms with Gasteiger partial charge in [0.2, 0.25) is 0 Å². The van der Waals surface area contributed by atoms with Crippen LogP contribution in [0.3, 0.4) is 0 Å². The van der Waals surface area contributed by atoms with E-state index in [1.54, 1.807) is 19.1 Å². The van der Waals surface area contributed by atoms with Gasteiger partial charge in [-0.3, -0.25) is 9.59 Å². The van der Waals surface area contributed by atoms with E-state index < -0.39 is 29.2 Å². The molecule has 0 heterocycles. The van der Waals surface area contributed by atoms with E-state index in [0.717, 1.165) is 23.3 Å². The summed E-state index contributed by atoms with van der Waals surface area (Å²) in [4.78, 5) is 24.1. The third-order valence-corrected chi connectivity index (χ3v) is 3.67. The molecule has 25 heavy (non-hydrogen) atoms. The van der Waals surface area contributed by atoms with Crippen molar-refractivity contribution in [3.63, 3.8) is 0 Å². The minimum Gasteiger partial charge on any atom is -0.317 e. The van der Waals surface area contributed by atoms with Crippen molar-refractivity contribution in [2.24, 2.45) is 0 Å². The monoisotopic (exact) mass is 350 g/mol. The van der Waals surface area contributed by atoms with E-state index in [0.29, 0.717) is 12.1 Å². The van der Waals surface area contributed by atoms with E-state index >= 15 is 0 Å². The minimum absolute atomic E-state index is 0.462. The molecule has 0 radical (unpaired) electrons. The Morgan fingerprint density at radius 1 is 0.960 bits per heavy atom. The first-order chi connectivity index (χ1) is 11.7. The molecular weight excluding hydrogens is 333 g/mol. The highest BCUT2D eigenvalue weighted by atomic mass is 19.4. The van der Waals surface area contributed by atoms with Gasteiger partial charge in [0.25, 0.3) is 0 Å². The molecule has 2 aromatic rings. The molecule has 2 rings (SSSR count). The Morgan fingerprint density at radius 2 is 1.60 bits per heavy atom. The van der Waals surface area contributed by atoms with Crippen molar-refractivity contribution < 1.29 is 22.8 Å². The average molecular weight is 350 g/mol. The third-order valence-electron chi connectivity index (χ3n) is 3.67. The molecule has 0 aliphatic heterocycles. The fourth-order valence-electron chi connectivity index (χ4n) is 2.39. The lowest BCUT2D eigenvalue weighted by molar-refractivity contribution is -0.137. The molecule has 7 heteroatoms. The second-order valence-corrected chi connectivity index (χ2v) is 5.41. The lowest BCUT2D eigenvalue weighted by Gasteiger charge is -2.15. The van der Waals surface area contributed by atoms with Crippen LogP contribution >= 0.6 is 0 Å². The highest BCUT2D eigenvalue weighted by Crippen LogP contribution is 2.34. The number of anilines is 2. The van der Waals surface area contributed by atoms with E-state index in [1.807, 2.05) is 18.3 Å². The Balaban J connectivity index is 2.19. The number of nitrogens with one attached hydrogen (secondary N) is 2. The molecule has 4 nitrogen and oxygen atoms in total. The lowest BCUT2D eigenvalue weighted by Crippen LogP contribution is -2.30. The van der Waals surface area contributed by atoms with E-state index in [-0.39, 0.29) is 0 Å². The van der Waals surface area contributed by atoms with Gasteiger partial charge in [-0.25, -0.2) is 0 Å². The van der Waals surface area contributed by atoms with Gasteiger partial charge in [0.15, 0.2) is 0 Å². The molecule has 0 atom stereocenters. The summed E-state index contributed by atoms with van der Waals surface area (Å²) in [5.41, 5.74) is 0.610. The number of aryl methyl sites for hydroxylation is 2. The molecule has 0 aliphatic carbocycles. The van der Waals surface area contributed by atoms with Gasteiger partial charge in [0, 0.05) is 5.69 Å². The molecular formula is C18H17F3N2O2. The molecule has 2 aromatic carbocycles. The molecule has 2 N–H and O–H groups in total. The fourth-order valence-corrected chi connectivity index (χ4v) is 2.39. The molecule has 132 valence electrons. The van der Waals surface area contributed by atoms with Crippen LogP contribution in [-0.2, 0) is 22.2 Å². The van der Waals surface area contributed by atoms with Crippen LogP contribution in [0.4, 0.5) is 24.5 Å². The summed E-state index contributed by atoms with van der Waals surface area (Å²) >= 11 is 0. The number of carbonyl (C=O) groups excluding carboxylic acids is 2. The number of amides is 2. The first kappa shape index (κ1) is 18.5. The van der Waals surface area contributed by atoms with Gasteiger partial charge in [-0.2, -0.15) is 13.2 Å². The highest BCUT2D eigenvalue weighted by Gasteiger charge is 2.34. The van der Waals surface area contributed by atoms with Gasteiger partial charge in [-0.1, -0.05) is 37.3 Å². The van der Waals surface area contributed by atoms with Gasteiger partial charge in [-0.15, -0.1) is 0 Å². The zero-order valence-corrected chi connectivity index (χ0v) is 13.7. The topological polar surface area (TPSA) is 58.2 Å². The maximum atomic E-state index is 12.9. The first-order valence-electron chi connectivity index (χ1n) is 7.61. The molecule has 0 aliphatic rings. The highest BCUT2D eigenvalue weighted by molar-refractivity contribution is 6.43. The summed E-state index contributed by atoms with van der Waals surface area (Å²) in [6, 6.07) is 9.89. The van der Waals surface area contributed by atoms with Gasteiger partial charge < -0.3 is 10.6 Å². The van der Waals surface area contributed by atoms with E-state index in [1.165, 1.54) is 12.1 Å². The number of para-hydroxylation sites is 2. The van der Waals surface area contributed by atoms with Crippen molar-refractivity contribution in [3.8, 4) is 0 Å². The normalized spacial score (nSPS) is 11.1. The van der Waals surface area contributed by atoms with Crippen LogP contribution in [0.1, 0.15) is 23.6 Å². The van der Waals surface area contributed by atoms with Crippen LogP contribution in [0.5, 0.6) is 0 Å². The number of hydrogen-bond acceptors (Lipinski definition) is 2. The number of benzene rings is 2. The third kappa shape index (κ3) is 4.37. The van der Waals surface area contributed by atoms with Crippen LogP contribution in [0.15, 0.2) is 42.5 Å². The van der Waals surface area contributed by atoms with Gasteiger partial charge in [-0.05, 0) is 36.6 Å². The van der Waals surface area contributed by atoms with Crippen molar-refractivity contribution in [1.29, 1.82) is 0 Å². The Morgan fingerprint density at radius 3 is 2.24 bits per heavy atom. The summed E-state index contributed by atoms with van der Waals surface area (Å²) in [5.74, 6) is -2.19. The fraction of sp³-hybridized carbons (Fsp3) is 0.222. The van der Waals surface area contributed by atoms with Crippen LogP contribution in [0.25, 0.3) is 0 Å². The molecule has 2 amide bonds. The Hall–Kier alpha value is -2.83. The Bertz CT molecular complexity index is 801. The summed E-state index contributed by atoms with van der Waals surface area (Å²) in [6.45, 7) is 3.66. The van der Waals surface area contributed by atoms with E-state index in [2.05, 4.69) is 5.32 Å². The van der Waals surface area contributed by atoms with Gasteiger partial charge in [0.05, 0.1) is 11.3 Å². The van der Waals surface area contributed by atoms with Crippen LogP contribution in [0.2, 0.25) is 0 Å². The second-order valence-electron chi connectivity index (χ2n) is 5.41. The summed E-state index contributed by atoms with van der Waals surface area (Å²) < 4.78 is 38.8. The molecule has 0 bridgehead atoms. The zero-order chi connectivity index (χ0) is 18.6.